The third kappa shape index (κ3) is 1.01. The van der Waals surface area contributed by atoms with Crippen LogP contribution in [0.4, 0.5) is 0 Å². The maximum absolute atomic E-state index is 9.14. The second-order valence-electron chi connectivity index (χ2n) is 1.97. The molecule has 0 unspecified atom stereocenters. The fourth-order valence-electron chi connectivity index (χ4n) is 0.853. The molecule has 2 rings (SSSR count). The first-order chi connectivity index (χ1) is 4.88. The topological polar surface area (TPSA) is 98.3 Å². The van der Waals surface area contributed by atoms with E-state index in [0.29, 0.717) is 11.0 Å². The summed E-state index contributed by atoms with van der Waals surface area (Å²) in [5, 5.41) is 19.1. The predicted octanol–water partition coefficient (Wildman–Crippen LogP) is 1.04. The summed E-state index contributed by atoms with van der Waals surface area (Å²) in [5.41, 5.74) is 1.20. The molecule has 0 radical (unpaired) electrons. The second kappa shape index (κ2) is 2.55. The quantitative estimate of drug-likeness (QED) is 0.527. The molecule has 58 valence electrons. The largest absolute Gasteiger partial charge is 0.506 e. The highest BCUT2D eigenvalue weighted by molar-refractivity contribution is 5.79. The fourth-order valence-corrected chi connectivity index (χ4v) is 0.853. The molecular weight excluding hydrogens is 144 g/mol. The van der Waals surface area contributed by atoms with Gasteiger partial charge in [0.2, 0.25) is 0 Å². The Morgan fingerprint density at radius 2 is 2.09 bits per heavy atom. The molecule has 11 heavy (non-hydrogen) atoms. The van der Waals surface area contributed by atoms with Crippen LogP contribution in [0.25, 0.3) is 11.0 Å². The van der Waals surface area contributed by atoms with Crippen LogP contribution in [0, 0.1) is 0 Å². The molecule has 0 aliphatic heterocycles. The molecule has 0 bridgehead atoms. The van der Waals surface area contributed by atoms with E-state index in [2.05, 4.69) is 15.4 Å². The molecule has 2 aromatic rings. The highest BCUT2D eigenvalue weighted by Crippen LogP contribution is 2.18. The van der Waals surface area contributed by atoms with Gasteiger partial charge in [-0.25, -0.2) is 0 Å². The highest BCUT2D eigenvalue weighted by atomic mass is 16.3. The number of nitrogens with zero attached hydrogens (tertiary/aromatic N) is 2. The zero-order valence-corrected chi connectivity index (χ0v) is 6.07. The summed E-state index contributed by atoms with van der Waals surface area (Å²) in [4.78, 5) is 0. The summed E-state index contributed by atoms with van der Waals surface area (Å²) in [5.74, 6) is 0.159. The van der Waals surface area contributed by atoms with E-state index in [1.807, 2.05) is 0 Å². The summed E-state index contributed by atoms with van der Waals surface area (Å²) in [6.07, 6.45) is 0. The molecule has 0 spiro atoms. The molecule has 0 saturated carbocycles. The van der Waals surface area contributed by atoms with Crippen molar-refractivity contribution in [3.05, 3.63) is 18.2 Å². The van der Waals surface area contributed by atoms with Crippen LogP contribution in [-0.2, 0) is 0 Å². The van der Waals surface area contributed by atoms with Crippen molar-refractivity contribution in [2.45, 2.75) is 0 Å². The van der Waals surface area contributed by atoms with Crippen LogP contribution < -0.4 is 6.15 Å². The van der Waals surface area contributed by atoms with Crippen molar-refractivity contribution < 1.29 is 5.11 Å². The number of fused-ring (bicyclic) bond motifs is 1. The molecule has 0 aliphatic carbocycles. The number of hydrogen-bond donors (Lipinski definition) is 3. The Labute approximate surface area is 62.6 Å². The minimum absolute atomic E-state index is 0. The summed E-state index contributed by atoms with van der Waals surface area (Å²) in [7, 11) is 0. The summed E-state index contributed by atoms with van der Waals surface area (Å²) in [6.45, 7) is 0. The number of aromatic amines is 1. The fraction of sp³-hybridized carbons (Fsp3) is 0. The summed E-state index contributed by atoms with van der Waals surface area (Å²) < 4.78 is 0. The number of H-pyrrole nitrogens is 1. The lowest BCUT2D eigenvalue weighted by molar-refractivity contribution is 0.480. The van der Waals surface area contributed by atoms with Gasteiger partial charge in [-0.2, -0.15) is 15.4 Å². The van der Waals surface area contributed by atoms with Crippen LogP contribution >= 0.6 is 0 Å². The maximum Gasteiger partial charge on any atom is 0.154 e. The average Bonchev–Trinajstić information content (AvgIpc) is 2.36. The van der Waals surface area contributed by atoms with Crippen molar-refractivity contribution in [3.63, 3.8) is 0 Å². The number of nitrogens with one attached hydrogen (secondary N) is 1. The molecule has 5 nitrogen and oxygen atoms in total. The number of aromatic nitrogens is 3. The summed E-state index contributed by atoms with van der Waals surface area (Å²) >= 11 is 0. The van der Waals surface area contributed by atoms with Crippen molar-refractivity contribution in [1.29, 1.82) is 0 Å². The van der Waals surface area contributed by atoms with Crippen LogP contribution in [-0.4, -0.2) is 20.5 Å². The van der Waals surface area contributed by atoms with E-state index in [1.165, 1.54) is 0 Å². The highest BCUT2D eigenvalue weighted by Gasteiger charge is 1.99. The molecule has 0 atom stereocenters. The smallest absolute Gasteiger partial charge is 0.154 e. The van der Waals surface area contributed by atoms with Crippen LogP contribution in [0.3, 0.4) is 0 Å². The second-order valence-corrected chi connectivity index (χ2v) is 1.97. The first kappa shape index (κ1) is 7.49. The van der Waals surface area contributed by atoms with Crippen molar-refractivity contribution in [2.75, 3.05) is 0 Å². The molecule has 1 aromatic heterocycles. The number of benzene rings is 1. The number of phenols is 1. The van der Waals surface area contributed by atoms with E-state index in [9.17, 15) is 0 Å². The first-order valence-corrected chi connectivity index (χ1v) is 2.86. The predicted molar refractivity (Wildman–Crippen MR) is 41.5 cm³/mol. The lowest BCUT2D eigenvalue weighted by atomic mass is 10.3. The molecule has 0 fully saturated rings. The minimum atomic E-state index is 0. The lowest BCUT2D eigenvalue weighted by Gasteiger charge is -1.87. The van der Waals surface area contributed by atoms with Gasteiger partial charge in [0.25, 0.3) is 0 Å². The minimum Gasteiger partial charge on any atom is -0.506 e. The Kier molecular flexibility index (Phi) is 1.74. The average molecular weight is 153 g/mol. The molecule has 0 saturated heterocycles. The third-order valence-corrected chi connectivity index (χ3v) is 1.33. The van der Waals surface area contributed by atoms with Gasteiger partial charge in [-0.05, 0) is 12.1 Å². The van der Waals surface area contributed by atoms with Gasteiger partial charge in [0, 0.05) is 0 Å². The molecule has 1 aromatic carbocycles. The number of aromatic hydroxyl groups is 1. The van der Waals surface area contributed by atoms with Crippen LogP contribution in [0.5, 0.6) is 5.75 Å². The Balaban J connectivity index is 0.000000605. The Morgan fingerprint density at radius 3 is 2.82 bits per heavy atom. The van der Waals surface area contributed by atoms with E-state index in [0.717, 1.165) is 0 Å². The van der Waals surface area contributed by atoms with Gasteiger partial charge in [-0.3, -0.25) is 0 Å². The van der Waals surface area contributed by atoms with Crippen LogP contribution in [0.1, 0.15) is 0 Å². The Morgan fingerprint density at radius 1 is 1.27 bits per heavy atom. The number of quaternary nitrogens is 1. The number of para-hydroxylation sites is 1. The number of phenolic OH excluding ortho intramolecular Hbond substituents is 1. The van der Waals surface area contributed by atoms with Gasteiger partial charge in [0.1, 0.15) is 11.3 Å². The van der Waals surface area contributed by atoms with Gasteiger partial charge in [-0.15, -0.1) is 0 Å². The third-order valence-electron chi connectivity index (χ3n) is 1.33. The van der Waals surface area contributed by atoms with Gasteiger partial charge in [-0.1, -0.05) is 6.07 Å². The standard InChI is InChI=1S/C6H5N3O.H3N/c10-5-3-1-2-4-6(5)8-9-7-4;/h1-3,10H,(H,7,8,9);1H3/p+1. The van der Waals surface area contributed by atoms with Crippen molar-refractivity contribution in [3.8, 4) is 5.75 Å². The zero-order chi connectivity index (χ0) is 6.97. The van der Waals surface area contributed by atoms with Crippen molar-refractivity contribution in [1.82, 2.24) is 21.6 Å². The van der Waals surface area contributed by atoms with E-state index < -0.39 is 0 Å². The van der Waals surface area contributed by atoms with E-state index in [1.54, 1.807) is 18.2 Å². The first-order valence-electron chi connectivity index (χ1n) is 2.86. The van der Waals surface area contributed by atoms with E-state index in [-0.39, 0.29) is 11.9 Å². The molecular formula is C6H9N4O+. The normalized spacial score (nSPS) is 9.45. The number of hydrogen-bond acceptors (Lipinski definition) is 3. The van der Waals surface area contributed by atoms with Crippen LogP contribution in [0.2, 0.25) is 0 Å². The van der Waals surface area contributed by atoms with E-state index >= 15 is 0 Å². The maximum atomic E-state index is 9.14. The summed E-state index contributed by atoms with van der Waals surface area (Å²) in [6, 6.07) is 5.07. The Bertz CT molecular complexity index is 356. The molecule has 0 amide bonds. The number of rotatable bonds is 0. The van der Waals surface area contributed by atoms with Gasteiger partial charge < -0.3 is 11.3 Å². The van der Waals surface area contributed by atoms with Gasteiger partial charge >= 0.3 is 0 Å². The van der Waals surface area contributed by atoms with Crippen molar-refractivity contribution in [2.24, 2.45) is 0 Å². The van der Waals surface area contributed by atoms with E-state index in [4.69, 9.17) is 5.11 Å². The SMILES string of the molecule is Oc1cccc2n[nH]nc12.[NH4+]. The van der Waals surface area contributed by atoms with Crippen molar-refractivity contribution >= 4 is 11.0 Å². The van der Waals surface area contributed by atoms with Crippen LogP contribution in [0.15, 0.2) is 18.2 Å². The Hall–Kier alpha value is -1.62. The zero-order valence-electron chi connectivity index (χ0n) is 6.07. The van der Waals surface area contributed by atoms with Gasteiger partial charge in [0.15, 0.2) is 5.52 Å². The monoisotopic (exact) mass is 153 g/mol. The molecule has 6 N–H and O–H groups in total. The molecule has 0 aliphatic rings. The van der Waals surface area contributed by atoms with Gasteiger partial charge in [0.05, 0.1) is 0 Å². The lowest BCUT2D eigenvalue weighted by Crippen LogP contribution is -1.68. The molecule has 1 heterocycles. The molecule has 5 heteroatoms.